The van der Waals surface area contributed by atoms with Crippen molar-refractivity contribution in [2.45, 2.75) is 0 Å². The Bertz CT molecular complexity index is 544. The molecular formula is C15H15N2O+. The fraction of sp³-hybridized carbons (Fsp3) is 0.0667. The van der Waals surface area contributed by atoms with Crippen molar-refractivity contribution < 1.29 is 9.36 Å². The SMILES string of the molecule is C[n+]1ccc(C=CC(=O)Nc2ccccc2)cc1. The Hall–Kier alpha value is -2.42. The number of aryl methyl sites for hydroxylation is 1. The van der Waals surface area contributed by atoms with Crippen LogP contribution in [0.25, 0.3) is 6.08 Å². The minimum atomic E-state index is -0.130. The quantitative estimate of drug-likeness (QED) is 0.646. The molecule has 1 heterocycles. The maximum Gasteiger partial charge on any atom is 0.248 e. The van der Waals surface area contributed by atoms with Gasteiger partial charge in [-0.05, 0) is 23.8 Å². The van der Waals surface area contributed by atoms with Crippen molar-refractivity contribution in [1.82, 2.24) is 0 Å². The molecular weight excluding hydrogens is 224 g/mol. The summed E-state index contributed by atoms with van der Waals surface area (Å²) in [6.07, 6.45) is 7.20. The number of nitrogens with one attached hydrogen (secondary N) is 1. The molecule has 0 saturated carbocycles. The van der Waals surface area contributed by atoms with Crippen molar-refractivity contribution in [3.05, 3.63) is 66.5 Å². The van der Waals surface area contributed by atoms with E-state index in [0.717, 1.165) is 11.3 Å². The number of pyridine rings is 1. The Morgan fingerprint density at radius 2 is 1.78 bits per heavy atom. The van der Waals surface area contributed by atoms with Gasteiger partial charge in [0.2, 0.25) is 5.91 Å². The summed E-state index contributed by atoms with van der Waals surface area (Å²) < 4.78 is 1.95. The first-order valence-electron chi connectivity index (χ1n) is 5.73. The molecule has 0 atom stereocenters. The summed E-state index contributed by atoms with van der Waals surface area (Å²) in [6.45, 7) is 0. The highest BCUT2D eigenvalue weighted by Crippen LogP contribution is 2.05. The van der Waals surface area contributed by atoms with Gasteiger partial charge in [-0.3, -0.25) is 4.79 Å². The van der Waals surface area contributed by atoms with E-state index in [0.29, 0.717) is 0 Å². The van der Waals surface area contributed by atoms with Gasteiger partial charge in [0.25, 0.3) is 0 Å². The van der Waals surface area contributed by atoms with Crippen LogP contribution in [0.15, 0.2) is 60.9 Å². The van der Waals surface area contributed by atoms with E-state index in [9.17, 15) is 4.79 Å². The Kier molecular flexibility index (Phi) is 3.86. The van der Waals surface area contributed by atoms with E-state index in [1.807, 2.05) is 66.5 Å². The summed E-state index contributed by atoms with van der Waals surface area (Å²) in [5, 5.41) is 2.79. The van der Waals surface area contributed by atoms with Crippen LogP contribution in [-0.4, -0.2) is 5.91 Å². The van der Waals surface area contributed by atoms with Gasteiger partial charge in [-0.15, -0.1) is 0 Å². The van der Waals surface area contributed by atoms with Crippen molar-refractivity contribution in [3.8, 4) is 0 Å². The summed E-state index contributed by atoms with van der Waals surface area (Å²) >= 11 is 0. The molecule has 3 heteroatoms. The first-order valence-corrected chi connectivity index (χ1v) is 5.73. The van der Waals surface area contributed by atoms with Gasteiger partial charge in [-0.1, -0.05) is 18.2 Å². The fourth-order valence-electron chi connectivity index (χ4n) is 1.50. The fourth-order valence-corrected chi connectivity index (χ4v) is 1.50. The second kappa shape index (κ2) is 5.77. The Morgan fingerprint density at radius 3 is 2.44 bits per heavy atom. The molecule has 0 aliphatic heterocycles. The number of hydrogen-bond donors (Lipinski definition) is 1. The zero-order valence-electron chi connectivity index (χ0n) is 10.2. The molecule has 1 N–H and O–H groups in total. The Balaban J connectivity index is 1.97. The first-order chi connectivity index (χ1) is 8.74. The van der Waals surface area contributed by atoms with Gasteiger partial charge in [0, 0.05) is 23.9 Å². The molecule has 0 fully saturated rings. The van der Waals surface area contributed by atoms with Crippen molar-refractivity contribution in [1.29, 1.82) is 0 Å². The van der Waals surface area contributed by atoms with Crippen LogP contribution in [0.2, 0.25) is 0 Å². The smallest absolute Gasteiger partial charge is 0.248 e. The van der Waals surface area contributed by atoms with Gasteiger partial charge >= 0.3 is 0 Å². The number of rotatable bonds is 3. The predicted octanol–water partition coefficient (Wildman–Crippen LogP) is 2.16. The summed E-state index contributed by atoms with van der Waals surface area (Å²) in [5.74, 6) is -0.130. The number of benzene rings is 1. The number of hydrogen-bond acceptors (Lipinski definition) is 1. The minimum Gasteiger partial charge on any atom is -0.323 e. The summed E-state index contributed by atoms with van der Waals surface area (Å²) in [5.41, 5.74) is 1.79. The molecule has 3 nitrogen and oxygen atoms in total. The monoisotopic (exact) mass is 239 g/mol. The van der Waals surface area contributed by atoms with E-state index < -0.39 is 0 Å². The second-order valence-corrected chi connectivity index (χ2v) is 3.99. The number of aromatic nitrogens is 1. The molecule has 1 amide bonds. The Morgan fingerprint density at radius 1 is 1.11 bits per heavy atom. The van der Waals surface area contributed by atoms with E-state index in [2.05, 4.69) is 5.32 Å². The molecule has 18 heavy (non-hydrogen) atoms. The highest BCUT2D eigenvalue weighted by molar-refractivity contribution is 6.01. The maximum absolute atomic E-state index is 11.6. The molecule has 0 aliphatic carbocycles. The predicted molar refractivity (Wildman–Crippen MR) is 71.7 cm³/mol. The third-order valence-corrected chi connectivity index (χ3v) is 2.47. The number of carbonyl (C=O) groups is 1. The summed E-state index contributed by atoms with van der Waals surface area (Å²) in [4.78, 5) is 11.6. The van der Waals surface area contributed by atoms with Crippen LogP contribution in [0, 0.1) is 0 Å². The van der Waals surface area contributed by atoms with Gasteiger partial charge in [0.15, 0.2) is 12.4 Å². The van der Waals surface area contributed by atoms with Gasteiger partial charge in [0.1, 0.15) is 7.05 Å². The highest BCUT2D eigenvalue weighted by atomic mass is 16.1. The maximum atomic E-state index is 11.6. The molecule has 0 radical (unpaired) electrons. The standard InChI is InChI=1S/C15H14N2O/c1-17-11-9-13(10-12-17)7-8-15(18)16-14-5-3-2-4-6-14/h2-12H,1H3/p+1. The van der Waals surface area contributed by atoms with Gasteiger partial charge in [0.05, 0.1) is 0 Å². The first kappa shape index (κ1) is 12.0. The molecule has 90 valence electrons. The highest BCUT2D eigenvalue weighted by Gasteiger charge is 1.97. The zero-order valence-corrected chi connectivity index (χ0v) is 10.2. The molecule has 2 aromatic rings. The van der Waals surface area contributed by atoms with Crippen LogP contribution in [0.1, 0.15) is 5.56 Å². The number of nitrogens with zero attached hydrogens (tertiary/aromatic N) is 1. The lowest BCUT2D eigenvalue weighted by molar-refractivity contribution is -0.671. The van der Waals surface area contributed by atoms with Crippen LogP contribution >= 0.6 is 0 Å². The summed E-state index contributed by atoms with van der Waals surface area (Å²) in [7, 11) is 1.95. The van der Waals surface area contributed by atoms with Crippen molar-refractivity contribution in [2.75, 3.05) is 5.32 Å². The number of anilines is 1. The topological polar surface area (TPSA) is 33.0 Å². The van der Waals surface area contributed by atoms with Crippen LogP contribution < -0.4 is 9.88 Å². The minimum absolute atomic E-state index is 0.130. The average molecular weight is 239 g/mol. The molecule has 0 aliphatic rings. The van der Waals surface area contributed by atoms with Crippen molar-refractivity contribution in [2.24, 2.45) is 7.05 Å². The van der Waals surface area contributed by atoms with Gasteiger partial charge in [-0.2, -0.15) is 0 Å². The third kappa shape index (κ3) is 3.56. The lowest BCUT2D eigenvalue weighted by atomic mass is 10.2. The average Bonchev–Trinajstić information content (AvgIpc) is 2.39. The normalized spacial score (nSPS) is 10.5. The van der Waals surface area contributed by atoms with E-state index in [4.69, 9.17) is 0 Å². The number of para-hydroxylation sites is 1. The molecule has 0 bridgehead atoms. The number of carbonyl (C=O) groups excluding carboxylic acids is 1. The van der Waals surface area contributed by atoms with E-state index in [1.54, 1.807) is 6.08 Å². The van der Waals surface area contributed by atoms with E-state index in [1.165, 1.54) is 6.08 Å². The third-order valence-electron chi connectivity index (χ3n) is 2.47. The van der Waals surface area contributed by atoms with Crippen molar-refractivity contribution in [3.63, 3.8) is 0 Å². The zero-order chi connectivity index (χ0) is 12.8. The summed E-state index contributed by atoms with van der Waals surface area (Å²) in [6, 6.07) is 13.3. The molecule has 1 aromatic heterocycles. The molecule has 0 spiro atoms. The largest absolute Gasteiger partial charge is 0.323 e. The molecule has 2 rings (SSSR count). The van der Waals surface area contributed by atoms with Crippen LogP contribution in [-0.2, 0) is 11.8 Å². The lowest BCUT2D eigenvalue weighted by Crippen LogP contribution is -2.25. The Labute approximate surface area is 106 Å². The second-order valence-electron chi connectivity index (χ2n) is 3.99. The van der Waals surface area contributed by atoms with Crippen LogP contribution in [0.3, 0.4) is 0 Å². The number of amides is 1. The molecule has 0 saturated heterocycles. The molecule has 0 unspecified atom stereocenters. The lowest BCUT2D eigenvalue weighted by Gasteiger charge is -2.00. The van der Waals surface area contributed by atoms with E-state index in [-0.39, 0.29) is 5.91 Å². The van der Waals surface area contributed by atoms with Crippen molar-refractivity contribution >= 4 is 17.7 Å². The van der Waals surface area contributed by atoms with Crippen LogP contribution in [0.4, 0.5) is 5.69 Å². The van der Waals surface area contributed by atoms with Crippen LogP contribution in [0.5, 0.6) is 0 Å². The van der Waals surface area contributed by atoms with E-state index >= 15 is 0 Å². The van der Waals surface area contributed by atoms with Gasteiger partial charge < -0.3 is 5.32 Å². The molecule has 1 aromatic carbocycles. The van der Waals surface area contributed by atoms with Gasteiger partial charge in [-0.25, -0.2) is 4.57 Å².